The summed E-state index contributed by atoms with van der Waals surface area (Å²) < 4.78 is 4.78. The highest BCUT2D eigenvalue weighted by molar-refractivity contribution is 5.96. The number of ketones is 1. The Morgan fingerprint density at radius 1 is 1.67 bits per heavy atom. The molecular weight excluding hydrogens is 160 g/mol. The van der Waals surface area contributed by atoms with Crippen LogP contribution in [0.1, 0.15) is 19.3 Å². The molecule has 0 bridgehead atoms. The number of ether oxygens (including phenoxy) is 1. The molecule has 0 amide bonds. The smallest absolute Gasteiger partial charge is 0.310 e. The van der Waals surface area contributed by atoms with E-state index in [-0.39, 0.29) is 18.6 Å². The number of aliphatic carboxylic acids is 1. The molecule has 1 aliphatic carbocycles. The summed E-state index contributed by atoms with van der Waals surface area (Å²) in [6.07, 6.45) is 0.780. The van der Waals surface area contributed by atoms with E-state index in [1.807, 2.05) is 0 Å². The van der Waals surface area contributed by atoms with E-state index < -0.39 is 11.4 Å². The van der Waals surface area contributed by atoms with Crippen molar-refractivity contribution in [2.75, 3.05) is 13.7 Å². The second-order valence-electron chi connectivity index (χ2n) is 3.22. The molecule has 1 rings (SSSR count). The molecule has 0 atom stereocenters. The molecule has 4 heteroatoms. The molecule has 0 unspecified atom stereocenters. The number of hydrogen-bond donors (Lipinski definition) is 1. The minimum Gasteiger partial charge on any atom is -0.481 e. The Bertz CT molecular complexity index is 201. The molecule has 12 heavy (non-hydrogen) atoms. The summed E-state index contributed by atoms with van der Waals surface area (Å²) in [5, 5.41) is 8.82. The van der Waals surface area contributed by atoms with Crippen molar-refractivity contribution in [2.45, 2.75) is 19.3 Å². The first-order valence-corrected chi connectivity index (χ1v) is 3.85. The van der Waals surface area contributed by atoms with Crippen LogP contribution in [0, 0.1) is 5.41 Å². The number of hydrogen-bond acceptors (Lipinski definition) is 3. The van der Waals surface area contributed by atoms with E-state index in [4.69, 9.17) is 9.84 Å². The summed E-state index contributed by atoms with van der Waals surface area (Å²) in [6, 6.07) is 0. The molecule has 4 nitrogen and oxygen atoms in total. The molecule has 1 saturated carbocycles. The van der Waals surface area contributed by atoms with Crippen LogP contribution in [0.25, 0.3) is 0 Å². The number of rotatable bonds is 4. The van der Waals surface area contributed by atoms with Gasteiger partial charge in [-0.15, -0.1) is 0 Å². The highest BCUT2D eigenvalue weighted by Gasteiger charge is 2.49. The van der Waals surface area contributed by atoms with E-state index in [0.717, 1.165) is 0 Å². The van der Waals surface area contributed by atoms with E-state index in [9.17, 15) is 9.59 Å². The number of Topliss-reactive ketones (excluding diaryl/α,β-unsaturated/α-hetero) is 1. The van der Waals surface area contributed by atoms with E-state index in [2.05, 4.69) is 0 Å². The van der Waals surface area contributed by atoms with E-state index in [1.165, 1.54) is 7.11 Å². The van der Waals surface area contributed by atoms with Gasteiger partial charge in [0.2, 0.25) is 0 Å². The van der Waals surface area contributed by atoms with Crippen molar-refractivity contribution in [2.24, 2.45) is 5.41 Å². The van der Waals surface area contributed by atoms with Crippen molar-refractivity contribution in [1.29, 1.82) is 0 Å². The first-order valence-electron chi connectivity index (χ1n) is 3.85. The molecule has 0 heterocycles. The largest absolute Gasteiger partial charge is 0.481 e. The summed E-state index contributed by atoms with van der Waals surface area (Å²) in [7, 11) is 1.52. The quantitative estimate of drug-likeness (QED) is 0.669. The van der Waals surface area contributed by atoms with E-state index >= 15 is 0 Å². The Kier molecular flexibility index (Phi) is 2.47. The fourth-order valence-electron chi connectivity index (χ4n) is 1.44. The van der Waals surface area contributed by atoms with Crippen molar-refractivity contribution in [3.8, 4) is 0 Å². The minimum atomic E-state index is -0.876. The number of methoxy groups -OCH3 is 1. The van der Waals surface area contributed by atoms with Crippen LogP contribution in [0.5, 0.6) is 0 Å². The number of carbonyl (C=O) groups excluding carboxylic acids is 1. The van der Waals surface area contributed by atoms with Gasteiger partial charge in [0.05, 0.1) is 5.41 Å². The van der Waals surface area contributed by atoms with Gasteiger partial charge in [-0.2, -0.15) is 0 Å². The Hall–Kier alpha value is -0.900. The van der Waals surface area contributed by atoms with Crippen LogP contribution < -0.4 is 0 Å². The first kappa shape index (κ1) is 9.19. The lowest BCUT2D eigenvalue weighted by Gasteiger charge is -2.35. The predicted octanol–water partition coefficient (Wildman–Crippen LogP) is 0.457. The molecule has 1 fully saturated rings. The molecule has 0 radical (unpaired) electrons. The summed E-state index contributed by atoms with van der Waals surface area (Å²) in [6.45, 7) is 0.402. The average molecular weight is 172 g/mol. The lowest BCUT2D eigenvalue weighted by atomic mass is 9.66. The topological polar surface area (TPSA) is 63.6 Å². The zero-order valence-electron chi connectivity index (χ0n) is 7.00. The van der Waals surface area contributed by atoms with E-state index in [0.29, 0.717) is 13.0 Å². The van der Waals surface area contributed by atoms with Crippen LogP contribution in [0.4, 0.5) is 0 Å². The third-order valence-corrected chi connectivity index (χ3v) is 2.31. The normalized spacial score (nSPS) is 20.2. The van der Waals surface area contributed by atoms with Crippen LogP contribution in [-0.4, -0.2) is 30.6 Å². The number of carboxylic acids is 1. The molecule has 0 aromatic carbocycles. The van der Waals surface area contributed by atoms with Crippen LogP contribution in [0.2, 0.25) is 0 Å². The first-order chi connectivity index (χ1) is 5.60. The van der Waals surface area contributed by atoms with E-state index in [1.54, 1.807) is 0 Å². The number of carboxylic acid groups (broad SMARTS) is 1. The second-order valence-corrected chi connectivity index (χ2v) is 3.22. The summed E-state index contributed by atoms with van der Waals surface area (Å²) in [5.41, 5.74) is -0.812. The third-order valence-electron chi connectivity index (χ3n) is 2.31. The Morgan fingerprint density at radius 2 is 2.25 bits per heavy atom. The van der Waals surface area contributed by atoms with Crippen molar-refractivity contribution in [3.05, 3.63) is 0 Å². The van der Waals surface area contributed by atoms with Gasteiger partial charge in [-0.1, -0.05) is 0 Å². The average Bonchev–Trinajstić information content (AvgIpc) is 1.95. The third kappa shape index (κ3) is 1.48. The van der Waals surface area contributed by atoms with Gasteiger partial charge < -0.3 is 9.84 Å². The Labute approximate surface area is 70.5 Å². The summed E-state index contributed by atoms with van der Waals surface area (Å²) in [4.78, 5) is 21.4. The van der Waals surface area contributed by atoms with Crippen LogP contribution >= 0.6 is 0 Å². The Morgan fingerprint density at radius 3 is 2.58 bits per heavy atom. The van der Waals surface area contributed by atoms with Gasteiger partial charge >= 0.3 is 5.97 Å². The van der Waals surface area contributed by atoms with Crippen LogP contribution in [0.3, 0.4) is 0 Å². The second kappa shape index (κ2) is 3.23. The monoisotopic (exact) mass is 172 g/mol. The van der Waals surface area contributed by atoms with Gasteiger partial charge in [-0.25, -0.2) is 0 Å². The van der Waals surface area contributed by atoms with Gasteiger partial charge in [-0.05, 0) is 6.42 Å². The minimum absolute atomic E-state index is 0.0357. The standard InChI is InChI=1S/C8H12O4/c1-12-3-2-8(7(10)11)4-6(9)5-8/h2-5H2,1H3,(H,10,11). The highest BCUT2D eigenvalue weighted by atomic mass is 16.5. The molecule has 1 N–H and O–H groups in total. The zero-order chi connectivity index (χ0) is 9.19. The van der Waals surface area contributed by atoms with Gasteiger partial charge in [0.15, 0.2) is 0 Å². The SMILES string of the molecule is COCCC1(C(=O)O)CC(=O)C1. The fourth-order valence-corrected chi connectivity index (χ4v) is 1.44. The molecule has 0 saturated heterocycles. The van der Waals surface area contributed by atoms with Crippen LogP contribution in [-0.2, 0) is 14.3 Å². The molecule has 0 aromatic rings. The molecule has 68 valence electrons. The van der Waals surface area contributed by atoms with Crippen molar-refractivity contribution in [3.63, 3.8) is 0 Å². The van der Waals surface area contributed by atoms with Crippen LogP contribution in [0.15, 0.2) is 0 Å². The van der Waals surface area contributed by atoms with Crippen molar-refractivity contribution < 1.29 is 19.4 Å². The van der Waals surface area contributed by atoms with Gasteiger partial charge in [-0.3, -0.25) is 9.59 Å². The molecular formula is C8H12O4. The maximum atomic E-state index is 10.7. The predicted molar refractivity (Wildman–Crippen MR) is 40.8 cm³/mol. The fraction of sp³-hybridized carbons (Fsp3) is 0.750. The molecule has 0 aliphatic heterocycles. The summed E-state index contributed by atoms with van der Waals surface area (Å²) >= 11 is 0. The lowest BCUT2D eigenvalue weighted by molar-refractivity contribution is -0.162. The van der Waals surface area contributed by atoms with Gasteiger partial charge in [0, 0.05) is 26.6 Å². The zero-order valence-corrected chi connectivity index (χ0v) is 7.00. The van der Waals surface area contributed by atoms with Gasteiger partial charge in [0.25, 0.3) is 0 Å². The van der Waals surface area contributed by atoms with Crippen molar-refractivity contribution in [1.82, 2.24) is 0 Å². The molecule has 0 spiro atoms. The lowest BCUT2D eigenvalue weighted by Crippen LogP contribution is -2.45. The van der Waals surface area contributed by atoms with Gasteiger partial charge in [0.1, 0.15) is 5.78 Å². The number of carbonyl (C=O) groups is 2. The highest BCUT2D eigenvalue weighted by Crippen LogP contribution is 2.41. The maximum Gasteiger partial charge on any atom is 0.310 e. The maximum absolute atomic E-state index is 10.7. The van der Waals surface area contributed by atoms with Crippen molar-refractivity contribution >= 4 is 11.8 Å². The summed E-state index contributed by atoms with van der Waals surface area (Å²) in [5.74, 6) is -0.840. The molecule has 0 aromatic heterocycles. The Balaban J connectivity index is 2.51. The molecule has 1 aliphatic rings.